The van der Waals surface area contributed by atoms with Gasteiger partial charge in [-0.25, -0.2) is 4.39 Å². The van der Waals surface area contributed by atoms with Crippen LogP contribution in [0.1, 0.15) is 25.3 Å². The zero-order valence-electron chi connectivity index (χ0n) is 12.6. The van der Waals surface area contributed by atoms with E-state index in [0.29, 0.717) is 19.7 Å². The van der Waals surface area contributed by atoms with Gasteiger partial charge in [-0.15, -0.1) is 0 Å². The van der Waals surface area contributed by atoms with Crippen LogP contribution in [0.3, 0.4) is 0 Å². The van der Waals surface area contributed by atoms with E-state index < -0.39 is 0 Å². The van der Waals surface area contributed by atoms with Crippen molar-refractivity contribution in [1.82, 2.24) is 4.90 Å². The first-order valence-corrected chi connectivity index (χ1v) is 7.49. The monoisotopic (exact) mass is 305 g/mol. The van der Waals surface area contributed by atoms with Crippen LogP contribution in [0.4, 0.5) is 4.39 Å². The van der Waals surface area contributed by atoms with Gasteiger partial charge >= 0.3 is 5.97 Å². The van der Waals surface area contributed by atoms with E-state index in [2.05, 4.69) is 0 Å². The van der Waals surface area contributed by atoms with Gasteiger partial charge in [-0.1, -0.05) is 12.1 Å². The summed E-state index contributed by atoms with van der Waals surface area (Å²) >= 11 is 0. The largest absolute Gasteiger partial charge is 0.466 e. The predicted molar refractivity (Wildman–Crippen MR) is 81.4 cm³/mol. The lowest BCUT2D eigenvalue weighted by molar-refractivity contribution is -0.150. The molecule has 0 spiro atoms. The number of halogens is 1. The summed E-state index contributed by atoms with van der Waals surface area (Å²) < 4.78 is 17.8. The van der Waals surface area contributed by atoms with Gasteiger partial charge in [0.05, 0.1) is 12.5 Å². The maximum absolute atomic E-state index is 12.8. The fourth-order valence-corrected chi connectivity index (χ4v) is 2.48. The summed E-state index contributed by atoms with van der Waals surface area (Å²) in [5.74, 6) is -0.922. The molecule has 4 nitrogen and oxygen atoms in total. The summed E-state index contributed by atoms with van der Waals surface area (Å²) in [6.07, 6.45) is 4.65. The van der Waals surface area contributed by atoms with E-state index in [-0.39, 0.29) is 23.6 Å². The van der Waals surface area contributed by atoms with E-state index in [1.807, 2.05) is 0 Å². The molecule has 1 aliphatic rings. The second-order valence-electron chi connectivity index (χ2n) is 5.26. The third kappa shape index (κ3) is 4.41. The molecular weight excluding hydrogens is 285 g/mol. The highest BCUT2D eigenvalue weighted by Crippen LogP contribution is 2.18. The highest BCUT2D eigenvalue weighted by Gasteiger charge is 2.28. The smallest absolute Gasteiger partial charge is 0.310 e. The lowest BCUT2D eigenvalue weighted by Crippen LogP contribution is -2.42. The molecule has 1 heterocycles. The Morgan fingerprint density at radius 2 is 2.09 bits per heavy atom. The average Bonchev–Trinajstić information content (AvgIpc) is 2.54. The average molecular weight is 305 g/mol. The highest BCUT2D eigenvalue weighted by atomic mass is 19.1. The van der Waals surface area contributed by atoms with Crippen LogP contribution in [0.15, 0.2) is 30.3 Å². The molecule has 2 rings (SSSR count). The molecule has 0 aromatic heterocycles. The molecule has 0 saturated carbocycles. The van der Waals surface area contributed by atoms with Crippen molar-refractivity contribution in [2.45, 2.75) is 19.8 Å². The minimum absolute atomic E-state index is 0.140. The molecule has 1 aromatic rings. The van der Waals surface area contributed by atoms with Crippen molar-refractivity contribution in [1.29, 1.82) is 0 Å². The molecule has 0 radical (unpaired) electrons. The summed E-state index contributed by atoms with van der Waals surface area (Å²) in [5, 5.41) is 0. The number of rotatable bonds is 4. The summed E-state index contributed by atoms with van der Waals surface area (Å²) in [6, 6.07) is 5.91. The Bertz CT molecular complexity index is 554. The molecular formula is C17H20FNO3. The van der Waals surface area contributed by atoms with Crippen LogP contribution in [0.25, 0.3) is 6.08 Å². The van der Waals surface area contributed by atoms with Crippen LogP contribution in [-0.4, -0.2) is 36.5 Å². The van der Waals surface area contributed by atoms with E-state index in [9.17, 15) is 14.0 Å². The molecule has 0 bridgehead atoms. The fraction of sp³-hybridized carbons (Fsp3) is 0.412. The summed E-state index contributed by atoms with van der Waals surface area (Å²) in [5.41, 5.74) is 0.758. The van der Waals surface area contributed by atoms with Crippen molar-refractivity contribution < 1.29 is 18.7 Å². The lowest BCUT2D eigenvalue weighted by Gasteiger charge is -2.30. The number of nitrogens with zero attached hydrogens (tertiary/aromatic N) is 1. The first-order chi connectivity index (χ1) is 10.6. The molecule has 0 N–H and O–H groups in total. The van der Waals surface area contributed by atoms with E-state index in [0.717, 1.165) is 18.4 Å². The lowest BCUT2D eigenvalue weighted by atomic mass is 9.98. The van der Waals surface area contributed by atoms with E-state index >= 15 is 0 Å². The summed E-state index contributed by atoms with van der Waals surface area (Å²) in [4.78, 5) is 25.6. The number of ether oxygens (including phenoxy) is 1. The van der Waals surface area contributed by atoms with Gasteiger partial charge < -0.3 is 9.64 Å². The zero-order valence-corrected chi connectivity index (χ0v) is 12.6. The maximum Gasteiger partial charge on any atom is 0.310 e. The minimum Gasteiger partial charge on any atom is -0.466 e. The third-order valence-corrected chi connectivity index (χ3v) is 3.64. The van der Waals surface area contributed by atoms with Crippen LogP contribution in [0, 0.1) is 11.7 Å². The Hall–Kier alpha value is -2.17. The zero-order chi connectivity index (χ0) is 15.9. The van der Waals surface area contributed by atoms with Gasteiger partial charge in [0.25, 0.3) is 0 Å². The van der Waals surface area contributed by atoms with Gasteiger partial charge in [-0.05, 0) is 43.5 Å². The number of carbonyl (C=O) groups is 2. The topological polar surface area (TPSA) is 46.6 Å². The van der Waals surface area contributed by atoms with Crippen molar-refractivity contribution in [3.05, 3.63) is 41.7 Å². The van der Waals surface area contributed by atoms with E-state index in [1.165, 1.54) is 18.2 Å². The Morgan fingerprint density at radius 3 is 2.77 bits per heavy atom. The second kappa shape index (κ2) is 7.73. The van der Waals surface area contributed by atoms with E-state index in [1.54, 1.807) is 30.0 Å². The Kier molecular flexibility index (Phi) is 5.69. The van der Waals surface area contributed by atoms with Crippen molar-refractivity contribution in [2.24, 2.45) is 5.92 Å². The van der Waals surface area contributed by atoms with Crippen molar-refractivity contribution >= 4 is 18.0 Å². The molecule has 1 aliphatic heterocycles. The second-order valence-corrected chi connectivity index (χ2v) is 5.26. The van der Waals surface area contributed by atoms with Gasteiger partial charge in [0, 0.05) is 19.2 Å². The molecule has 1 aromatic carbocycles. The maximum atomic E-state index is 12.8. The quantitative estimate of drug-likeness (QED) is 0.634. The van der Waals surface area contributed by atoms with Crippen molar-refractivity contribution in [2.75, 3.05) is 19.7 Å². The molecule has 0 aliphatic carbocycles. The predicted octanol–water partition coefficient (Wildman–Crippen LogP) is 2.64. The molecule has 1 saturated heterocycles. The highest BCUT2D eigenvalue weighted by molar-refractivity contribution is 5.92. The Morgan fingerprint density at radius 1 is 1.36 bits per heavy atom. The molecule has 118 valence electrons. The van der Waals surface area contributed by atoms with Gasteiger partial charge in [-0.3, -0.25) is 9.59 Å². The van der Waals surface area contributed by atoms with Crippen LogP contribution in [-0.2, 0) is 14.3 Å². The molecule has 1 atom stereocenters. The SMILES string of the molecule is CCOC(=O)C1CCCN(C(=O)/C=C/c2ccc(F)cc2)C1. The molecule has 22 heavy (non-hydrogen) atoms. The normalized spacial score (nSPS) is 18.5. The summed E-state index contributed by atoms with van der Waals surface area (Å²) in [7, 11) is 0. The number of amides is 1. The van der Waals surface area contributed by atoms with Crippen LogP contribution in [0.2, 0.25) is 0 Å². The van der Waals surface area contributed by atoms with Gasteiger partial charge in [0.1, 0.15) is 5.82 Å². The van der Waals surface area contributed by atoms with Crippen LogP contribution in [0.5, 0.6) is 0 Å². The number of carbonyl (C=O) groups excluding carboxylic acids is 2. The Balaban J connectivity index is 1.94. The van der Waals surface area contributed by atoms with E-state index in [4.69, 9.17) is 4.74 Å². The number of likely N-dealkylation sites (tertiary alicyclic amines) is 1. The Labute approximate surface area is 129 Å². The molecule has 5 heteroatoms. The van der Waals surface area contributed by atoms with Crippen LogP contribution < -0.4 is 0 Å². The van der Waals surface area contributed by atoms with Gasteiger partial charge in [0.15, 0.2) is 0 Å². The third-order valence-electron chi connectivity index (χ3n) is 3.64. The first-order valence-electron chi connectivity index (χ1n) is 7.49. The minimum atomic E-state index is -0.309. The number of hydrogen-bond donors (Lipinski definition) is 0. The first kappa shape index (κ1) is 16.2. The van der Waals surface area contributed by atoms with Crippen LogP contribution >= 0.6 is 0 Å². The number of piperidine rings is 1. The number of benzene rings is 1. The van der Waals surface area contributed by atoms with Crippen molar-refractivity contribution in [3.8, 4) is 0 Å². The molecule has 1 unspecified atom stereocenters. The van der Waals surface area contributed by atoms with Crippen molar-refractivity contribution in [3.63, 3.8) is 0 Å². The van der Waals surface area contributed by atoms with Gasteiger partial charge in [0.2, 0.25) is 5.91 Å². The number of esters is 1. The fourth-order valence-electron chi connectivity index (χ4n) is 2.48. The van der Waals surface area contributed by atoms with Gasteiger partial charge in [-0.2, -0.15) is 0 Å². The number of hydrogen-bond acceptors (Lipinski definition) is 3. The standard InChI is InChI=1S/C17H20FNO3/c1-2-22-17(21)14-4-3-11-19(12-14)16(20)10-7-13-5-8-15(18)9-6-13/h5-10,14H,2-4,11-12H2,1H3/b10-7+. The molecule has 1 fully saturated rings. The molecule has 1 amide bonds. The summed E-state index contributed by atoms with van der Waals surface area (Å²) in [6.45, 7) is 3.16.